The highest BCUT2D eigenvalue weighted by atomic mass is 16.5. The van der Waals surface area contributed by atoms with Gasteiger partial charge in [0.1, 0.15) is 0 Å². The zero-order valence-corrected chi connectivity index (χ0v) is 12.8. The van der Waals surface area contributed by atoms with Gasteiger partial charge in [0.05, 0.1) is 12.2 Å². The second kappa shape index (κ2) is 5.61. The van der Waals surface area contributed by atoms with E-state index in [1.54, 1.807) is 0 Å². The molecule has 4 aliphatic rings. The second-order valence-corrected chi connectivity index (χ2v) is 7.97. The van der Waals surface area contributed by atoms with Crippen LogP contribution in [0, 0.1) is 23.7 Å². The average Bonchev–Trinajstić information content (AvgIpc) is 2.88. The second-order valence-electron chi connectivity index (χ2n) is 7.97. The maximum Gasteiger partial charge on any atom is 0.0764 e. The first-order valence-electron chi connectivity index (χ1n) is 9.25. The van der Waals surface area contributed by atoms with Gasteiger partial charge in [0.15, 0.2) is 0 Å². The van der Waals surface area contributed by atoms with Crippen molar-refractivity contribution in [1.29, 1.82) is 0 Å². The van der Waals surface area contributed by atoms with Crippen molar-refractivity contribution < 1.29 is 4.74 Å². The molecule has 1 aliphatic heterocycles. The van der Waals surface area contributed by atoms with Crippen molar-refractivity contribution in [1.82, 2.24) is 0 Å². The SMILES string of the molecule is NC1C(C2CCCCC2)CCC2C3CCCCC3OC12. The van der Waals surface area contributed by atoms with Gasteiger partial charge in [-0.05, 0) is 49.4 Å². The predicted octanol–water partition coefficient (Wildman–Crippen LogP) is 3.88. The Bertz CT molecular complexity index is 338. The molecule has 114 valence electrons. The Kier molecular flexibility index (Phi) is 3.80. The van der Waals surface area contributed by atoms with Gasteiger partial charge in [-0.2, -0.15) is 0 Å². The van der Waals surface area contributed by atoms with E-state index in [9.17, 15) is 0 Å². The maximum absolute atomic E-state index is 6.72. The smallest absolute Gasteiger partial charge is 0.0764 e. The van der Waals surface area contributed by atoms with E-state index in [-0.39, 0.29) is 0 Å². The van der Waals surface area contributed by atoms with Crippen LogP contribution >= 0.6 is 0 Å². The van der Waals surface area contributed by atoms with E-state index < -0.39 is 0 Å². The van der Waals surface area contributed by atoms with Gasteiger partial charge >= 0.3 is 0 Å². The van der Waals surface area contributed by atoms with E-state index in [2.05, 4.69) is 0 Å². The number of fused-ring (bicyclic) bond motifs is 3. The Balaban J connectivity index is 1.47. The summed E-state index contributed by atoms with van der Waals surface area (Å²) in [4.78, 5) is 0. The predicted molar refractivity (Wildman–Crippen MR) is 81.4 cm³/mol. The minimum atomic E-state index is 0.336. The van der Waals surface area contributed by atoms with Crippen LogP contribution < -0.4 is 5.73 Å². The molecule has 1 heterocycles. The molecule has 0 aromatic rings. The molecular weight excluding hydrogens is 246 g/mol. The summed E-state index contributed by atoms with van der Waals surface area (Å²) in [5, 5.41) is 0. The molecule has 3 saturated carbocycles. The standard InChI is InChI=1S/C18H31NO/c19-17-13(12-6-2-1-3-7-12)10-11-15-14-8-4-5-9-16(14)20-18(15)17/h12-18H,1-11,19H2. The Morgan fingerprint density at radius 2 is 1.35 bits per heavy atom. The van der Waals surface area contributed by atoms with Crippen LogP contribution in [-0.2, 0) is 4.74 Å². The summed E-state index contributed by atoms with van der Waals surface area (Å²) >= 11 is 0. The van der Waals surface area contributed by atoms with Gasteiger partial charge in [-0.3, -0.25) is 0 Å². The molecule has 0 amide bonds. The van der Waals surface area contributed by atoms with Crippen LogP contribution in [0.25, 0.3) is 0 Å². The third-order valence-electron chi connectivity index (χ3n) is 7.02. The molecule has 6 atom stereocenters. The lowest BCUT2D eigenvalue weighted by atomic mass is 9.64. The maximum atomic E-state index is 6.72. The summed E-state index contributed by atoms with van der Waals surface area (Å²) < 4.78 is 6.48. The van der Waals surface area contributed by atoms with E-state index in [1.807, 2.05) is 0 Å². The molecule has 4 fully saturated rings. The minimum absolute atomic E-state index is 0.336. The van der Waals surface area contributed by atoms with Gasteiger partial charge in [0.2, 0.25) is 0 Å². The average molecular weight is 277 g/mol. The van der Waals surface area contributed by atoms with E-state index >= 15 is 0 Å². The van der Waals surface area contributed by atoms with Crippen LogP contribution in [-0.4, -0.2) is 18.2 Å². The zero-order chi connectivity index (χ0) is 13.5. The Morgan fingerprint density at radius 1 is 0.650 bits per heavy atom. The van der Waals surface area contributed by atoms with Crippen molar-refractivity contribution in [2.24, 2.45) is 29.4 Å². The van der Waals surface area contributed by atoms with Gasteiger partial charge in [0, 0.05) is 6.04 Å². The van der Waals surface area contributed by atoms with Crippen molar-refractivity contribution in [2.45, 2.75) is 88.9 Å². The van der Waals surface area contributed by atoms with Gasteiger partial charge < -0.3 is 10.5 Å². The molecular formula is C18H31NO. The summed E-state index contributed by atoms with van der Waals surface area (Å²) in [6.45, 7) is 0. The van der Waals surface area contributed by atoms with E-state index in [1.165, 1.54) is 70.6 Å². The van der Waals surface area contributed by atoms with E-state index in [0.717, 1.165) is 23.7 Å². The van der Waals surface area contributed by atoms with E-state index in [4.69, 9.17) is 10.5 Å². The molecule has 0 radical (unpaired) electrons. The van der Waals surface area contributed by atoms with Gasteiger partial charge in [-0.25, -0.2) is 0 Å². The van der Waals surface area contributed by atoms with Crippen LogP contribution in [0.4, 0.5) is 0 Å². The van der Waals surface area contributed by atoms with Crippen molar-refractivity contribution in [2.75, 3.05) is 0 Å². The third kappa shape index (κ3) is 2.23. The van der Waals surface area contributed by atoms with Crippen molar-refractivity contribution >= 4 is 0 Å². The number of rotatable bonds is 1. The lowest BCUT2D eigenvalue weighted by Crippen LogP contribution is -2.51. The highest BCUT2D eigenvalue weighted by Gasteiger charge is 2.51. The number of nitrogens with two attached hydrogens (primary N) is 1. The van der Waals surface area contributed by atoms with Crippen molar-refractivity contribution in [3.05, 3.63) is 0 Å². The fourth-order valence-electron chi connectivity index (χ4n) is 6.02. The molecule has 2 nitrogen and oxygen atoms in total. The van der Waals surface area contributed by atoms with Crippen LogP contribution in [0.2, 0.25) is 0 Å². The molecule has 2 heteroatoms. The largest absolute Gasteiger partial charge is 0.373 e. The Hall–Kier alpha value is -0.0800. The number of hydrogen-bond acceptors (Lipinski definition) is 2. The van der Waals surface area contributed by atoms with Gasteiger partial charge in [-0.1, -0.05) is 44.9 Å². The first-order chi connectivity index (χ1) is 9.84. The monoisotopic (exact) mass is 277 g/mol. The third-order valence-corrected chi connectivity index (χ3v) is 7.02. The quantitative estimate of drug-likeness (QED) is 0.789. The van der Waals surface area contributed by atoms with Crippen LogP contribution in [0.1, 0.15) is 70.6 Å². The van der Waals surface area contributed by atoms with Crippen LogP contribution in [0.3, 0.4) is 0 Å². The molecule has 0 bridgehead atoms. The molecule has 0 aromatic carbocycles. The highest BCUT2D eigenvalue weighted by Crippen LogP contribution is 2.50. The summed E-state index contributed by atoms with van der Waals surface area (Å²) in [6.07, 6.45) is 16.5. The van der Waals surface area contributed by atoms with Gasteiger partial charge in [0.25, 0.3) is 0 Å². The van der Waals surface area contributed by atoms with Crippen LogP contribution in [0.15, 0.2) is 0 Å². The first kappa shape index (κ1) is 13.6. The van der Waals surface area contributed by atoms with Crippen molar-refractivity contribution in [3.63, 3.8) is 0 Å². The summed E-state index contributed by atoms with van der Waals surface area (Å²) in [5.74, 6) is 3.32. The summed E-state index contributed by atoms with van der Waals surface area (Å²) in [6, 6.07) is 0.336. The number of ether oxygens (including phenoxy) is 1. The molecule has 20 heavy (non-hydrogen) atoms. The molecule has 0 aromatic heterocycles. The summed E-state index contributed by atoms with van der Waals surface area (Å²) in [7, 11) is 0. The molecule has 0 spiro atoms. The Labute approximate surface area is 123 Å². The lowest BCUT2D eigenvalue weighted by molar-refractivity contribution is -0.0279. The minimum Gasteiger partial charge on any atom is -0.373 e. The highest BCUT2D eigenvalue weighted by molar-refractivity contribution is 5.02. The van der Waals surface area contributed by atoms with E-state index in [0.29, 0.717) is 18.2 Å². The van der Waals surface area contributed by atoms with Crippen molar-refractivity contribution in [3.8, 4) is 0 Å². The molecule has 4 rings (SSSR count). The zero-order valence-electron chi connectivity index (χ0n) is 12.8. The lowest BCUT2D eigenvalue weighted by Gasteiger charge is -2.43. The Morgan fingerprint density at radius 3 is 2.20 bits per heavy atom. The molecule has 3 aliphatic carbocycles. The molecule has 6 unspecified atom stereocenters. The fourth-order valence-corrected chi connectivity index (χ4v) is 6.02. The van der Waals surface area contributed by atoms with Gasteiger partial charge in [-0.15, -0.1) is 0 Å². The normalized spacial score (nSPS) is 49.6. The molecule has 2 N–H and O–H groups in total. The van der Waals surface area contributed by atoms with Crippen LogP contribution in [0.5, 0.6) is 0 Å². The first-order valence-corrected chi connectivity index (χ1v) is 9.25. The topological polar surface area (TPSA) is 35.2 Å². The fraction of sp³-hybridized carbons (Fsp3) is 1.00. The number of hydrogen-bond donors (Lipinski definition) is 1. The summed E-state index contributed by atoms with van der Waals surface area (Å²) in [5.41, 5.74) is 6.72. The molecule has 1 saturated heterocycles.